The molecule has 0 spiro atoms. The maximum absolute atomic E-state index is 12.8. The molecule has 0 bridgehead atoms. The van der Waals surface area contributed by atoms with Gasteiger partial charge in [-0.1, -0.05) is 44.2 Å². The number of nitrogens with one attached hydrogen (secondary N) is 1. The third-order valence-electron chi connectivity index (χ3n) is 5.01. The first-order valence-electron chi connectivity index (χ1n) is 9.85. The van der Waals surface area contributed by atoms with E-state index < -0.39 is 11.9 Å². The molecule has 3 rings (SSSR count). The SMILES string of the molecule is CCN(CC)Cc1cccc(NC(=O)C2=NN(c3ccccc3)C(C(N)=O)C2)c1. The first-order chi connectivity index (χ1) is 14.0. The number of rotatable bonds is 8. The van der Waals surface area contributed by atoms with E-state index >= 15 is 0 Å². The fourth-order valence-electron chi connectivity index (χ4n) is 3.34. The minimum atomic E-state index is -0.674. The number of hydrogen-bond acceptors (Lipinski definition) is 5. The summed E-state index contributed by atoms with van der Waals surface area (Å²) in [6.45, 7) is 7.01. The Morgan fingerprint density at radius 2 is 1.86 bits per heavy atom. The van der Waals surface area contributed by atoms with Crippen LogP contribution in [0.25, 0.3) is 0 Å². The van der Waals surface area contributed by atoms with Gasteiger partial charge in [-0.2, -0.15) is 5.10 Å². The molecule has 2 amide bonds. The van der Waals surface area contributed by atoms with Crippen molar-refractivity contribution in [3.63, 3.8) is 0 Å². The zero-order chi connectivity index (χ0) is 20.8. The normalized spacial score (nSPS) is 16.0. The number of nitrogens with two attached hydrogens (primary N) is 1. The fraction of sp³-hybridized carbons (Fsp3) is 0.318. The molecule has 2 aromatic carbocycles. The number of para-hydroxylation sites is 1. The van der Waals surface area contributed by atoms with Gasteiger partial charge in [-0.3, -0.25) is 19.5 Å². The Kier molecular flexibility index (Phi) is 6.61. The standard InChI is InChI=1S/C22H27N5O2/c1-3-26(4-2)15-16-9-8-10-17(13-16)24-22(29)19-14-20(21(23)28)27(25-19)18-11-6-5-7-12-18/h5-13,20H,3-4,14-15H2,1-2H3,(H2,23,28)(H,24,29). The first-order valence-corrected chi connectivity index (χ1v) is 9.85. The van der Waals surface area contributed by atoms with E-state index in [1.54, 1.807) is 0 Å². The Hall–Kier alpha value is -3.19. The van der Waals surface area contributed by atoms with Crippen molar-refractivity contribution in [2.24, 2.45) is 10.8 Å². The van der Waals surface area contributed by atoms with Gasteiger partial charge >= 0.3 is 0 Å². The van der Waals surface area contributed by atoms with Crippen molar-refractivity contribution in [2.75, 3.05) is 23.4 Å². The quantitative estimate of drug-likeness (QED) is 0.721. The van der Waals surface area contributed by atoms with Gasteiger partial charge in [-0.15, -0.1) is 0 Å². The van der Waals surface area contributed by atoms with Crippen LogP contribution in [-0.4, -0.2) is 41.6 Å². The highest BCUT2D eigenvalue weighted by Gasteiger charge is 2.34. The maximum Gasteiger partial charge on any atom is 0.271 e. The summed E-state index contributed by atoms with van der Waals surface area (Å²) in [4.78, 5) is 27.0. The molecule has 152 valence electrons. The van der Waals surface area contributed by atoms with E-state index in [0.717, 1.165) is 30.9 Å². The van der Waals surface area contributed by atoms with Crippen LogP contribution in [0.4, 0.5) is 11.4 Å². The van der Waals surface area contributed by atoms with Crippen molar-refractivity contribution >= 4 is 28.9 Å². The number of primary amides is 1. The number of hydrazone groups is 1. The number of nitrogens with zero attached hydrogens (tertiary/aromatic N) is 3. The molecule has 0 radical (unpaired) electrons. The topological polar surface area (TPSA) is 91.0 Å². The van der Waals surface area contributed by atoms with Crippen molar-refractivity contribution in [1.82, 2.24) is 4.90 Å². The third kappa shape index (κ3) is 5.00. The molecule has 1 unspecified atom stereocenters. The molecule has 29 heavy (non-hydrogen) atoms. The summed E-state index contributed by atoms with van der Waals surface area (Å²) < 4.78 is 0. The van der Waals surface area contributed by atoms with Crippen molar-refractivity contribution < 1.29 is 9.59 Å². The summed E-state index contributed by atoms with van der Waals surface area (Å²) >= 11 is 0. The van der Waals surface area contributed by atoms with Gasteiger partial charge in [-0.25, -0.2) is 0 Å². The number of amides is 2. The number of carbonyl (C=O) groups excluding carboxylic acids is 2. The second-order valence-corrected chi connectivity index (χ2v) is 6.96. The Morgan fingerprint density at radius 1 is 1.14 bits per heavy atom. The summed E-state index contributed by atoms with van der Waals surface area (Å²) in [5.41, 5.74) is 8.38. The molecular weight excluding hydrogens is 366 g/mol. The van der Waals surface area contributed by atoms with Crippen LogP contribution < -0.4 is 16.1 Å². The van der Waals surface area contributed by atoms with Gasteiger partial charge in [0, 0.05) is 18.7 Å². The largest absolute Gasteiger partial charge is 0.368 e. The van der Waals surface area contributed by atoms with Crippen LogP contribution >= 0.6 is 0 Å². The van der Waals surface area contributed by atoms with E-state index in [0.29, 0.717) is 5.69 Å². The van der Waals surface area contributed by atoms with Crippen molar-refractivity contribution in [3.8, 4) is 0 Å². The first kappa shape index (κ1) is 20.5. The maximum atomic E-state index is 12.8. The zero-order valence-electron chi connectivity index (χ0n) is 16.8. The number of carbonyl (C=O) groups is 2. The lowest BCUT2D eigenvalue weighted by Gasteiger charge is -2.20. The lowest BCUT2D eigenvalue weighted by atomic mass is 10.1. The molecule has 1 aliphatic rings. The summed E-state index contributed by atoms with van der Waals surface area (Å²) in [5, 5.41) is 8.80. The van der Waals surface area contributed by atoms with Crippen LogP contribution in [0.15, 0.2) is 59.7 Å². The predicted molar refractivity (Wildman–Crippen MR) is 116 cm³/mol. The molecule has 0 saturated heterocycles. The monoisotopic (exact) mass is 393 g/mol. The van der Waals surface area contributed by atoms with Crippen LogP contribution in [0.5, 0.6) is 0 Å². The van der Waals surface area contributed by atoms with Gasteiger partial charge in [0.15, 0.2) is 0 Å². The van der Waals surface area contributed by atoms with E-state index in [1.807, 2.05) is 54.6 Å². The highest BCUT2D eigenvalue weighted by Crippen LogP contribution is 2.25. The minimum absolute atomic E-state index is 0.176. The average Bonchev–Trinajstić information content (AvgIpc) is 3.19. The molecule has 2 aromatic rings. The Labute approximate surface area is 171 Å². The van der Waals surface area contributed by atoms with E-state index in [-0.39, 0.29) is 18.0 Å². The van der Waals surface area contributed by atoms with E-state index in [9.17, 15) is 9.59 Å². The molecular formula is C22H27N5O2. The molecule has 0 saturated carbocycles. The van der Waals surface area contributed by atoms with Crippen LogP contribution in [0.2, 0.25) is 0 Å². The molecule has 3 N–H and O–H groups in total. The van der Waals surface area contributed by atoms with Crippen LogP contribution in [0.3, 0.4) is 0 Å². The predicted octanol–water partition coefficient (Wildman–Crippen LogP) is 2.59. The molecule has 1 heterocycles. The molecule has 7 nitrogen and oxygen atoms in total. The Balaban J connectivity index is 1.74. The highest BCUT2D eigenvalue weighted by molar-refractivity contribution is 6.44. The number of benzene rings is 2. The molecule has 0 fully saturated rings. The van der Waals surface area contributed by atoms with Crippen LogP contribution in [-0.2, 0) is 16.1 Å². The third-order valence-corrected chi connectivity index (χ3v) is 5.01. The minimum Gasteiger partial charge on any atom is -0.368 e. The van der Waals surface area contributed by atoms with Crippen molar-refractivity contribution in [1.29, 1.82) is 0 Å². The summed E-state index contributed by atoms with van der Waals surface area (Å²) in [7, 11) is 0. The molecule has 1 aliphatic heterocycles. The van der Waals surface area contributed by atoms with Gasteiger partial charge in [0.25, 0.3) is 5.91 Å². The lowest BCUT2D eigenvalue weighted by Crippen LogP contribution is -2.39. The van der Waals surface area contributed by atoms with Crippen LogP contribution in [0, 0.1) is 0 Å². The molecule has 7 heteroatoms. The number of anilines is 2. The summed E-state index contributed by atoms with van der Waals surface area (Å²) in [5.74, 6) is -0.837. The Bertz CT molecular complexity index is 893. The van der Waals surface area contributed by atoms with Gasteiger partial charge < -0.3 is 11.1 Å². The van der Waals surface area contributed by atoms with Gasteiger partial charge in [-0.05, 0) is 42.9 Å². The van der Waals surface area contributed by atoms with Crippen LogP contribution in [0.1, 0.15) is 25.8 Å². The molecule has 0 aliphatic carbocycles. The second kappa shape index (κ2) is 9.34. The Morgan fingerprint density at radius 3 is 2.52 bits per heavy atom. The van der Waals surface area contributed by atoms with E-state index in [2.05, 4.69) is 29.2 Å². The van der Waals surface area contributed by atoms with E-state index in [4.69, 9.17) is 5.73 Å². The lowest BCUT2D eigenvalue weighted by molar-refractivity contribution is -0.119. The smallest absolute Gasteiger partial charge is 0.271 e. The number of hydrogen-bond donors (Lipinski definition) is 2. The highest BCUT2D eigenvalue weighted by atomic mass is 16.2. The van der Waals surface area contributed by atoms with Crippen molar-refractivity contribution in [3.05, 3.63) is 60.2 Å². The fourth-order valence-corrected chi connectivity index (χ4v) is 3.34. The summed E-state index contributed by atoms with van der Waals surface area (Å²) in [6.07, 6.45) is 0.176. The van der Waals surface area contributed by atoms with Gasteiger partial charge in [0.2, 0.25) is 5.91 Å². The zero-order valence-corrected chi connectivity index (χ0v) is 16.8. The van der Waals surface area contributed by atoms with Gasteiger partial charge in [0.1, 0.15) is 11.8 Å². The molecule has 1 atom stereocenters. The average molecular weight is 393 g/mol. The van der Waals surface area contributed by atoms with Gasteiger partial charge in [0.05, 0.1) is 5.69 Å². The second-order valence-electron chi connectivity index (χ2n) is 6.96. The van der Waals surface area contributed by atoms with E-state index in [1.165, 1.54) is 5.01 Å². The molecule has 0 aromatic heterocycles. The van der Waals surface area contributed by atoms with Crippen molar-refractivity contribution in [2.45, 2.75) is 32.9 Å². The summed E-state index contributed by atoms with van der Waals surface area (Å²) in [6, 6.07) is 16.3.